The number of hydrogen-bond donors (Lipinski definition) is 1. The molecule has 7 heteroatoms. The monoisotopic (exact) mass is 269 g/mol. The Kier molecular flexibility index (Phi) is 3.36. The Labute approximate surface area is 106 Å². The molecule has 18 heavy (non-hydrogen) atoms. The van der Waals surface area contributed by atoms with Gasteiger partial charge in [-0.1, -0.05) is 0 Å². The summed E-state index contributed by atoms with van der Waals surface area (Å²) in [6.45, 7) is 2.26. The van der Waals surface area contributed by atoms with Crippen LogP contribution < -0.4 is 10.0 Å². The first-order valence-electron chi connectivity index (χ1n) is 5.58. The first kappa shape index (κ1) is 13.0. The molecule has 1 aliphatic rings. The molecule has 1 amide bonds. The quantitative estimate of drug-likeness (QED) is 0.837. The Morgan fingerprint density at radius 2 is 2.28 bits per heavy atom. The van der Waals surface area contributed by atoms with Gasteiger partial charge in [-0.15, -0.1) is 0 Å². The standard InChI is InChI=1S/C11H15N3O3S/c1-8-2-3-13-10(4-8)14-6-9(5-11(14)15)7-18(12,16)17/h2-4,9H,5-7H2,1H3,(H2,12,16,17). The van der Waals surface area contributed by atoms with Gasteiger partial charge < -0.3 is 0 Å². The van der Waals surface area contributed by atoms with Gasteiger partial charge in [0.2, 0.25) is 15.9 Å². The molecule has 1 unspecified atom stereocenters. The number of primary sulfonamides is 1. The normalized spacial score (nSPS) is 20.4. The van der Waals surface area contributed by atoms with Gasteiger partial charge in [-0.2, -0.15) is 0 Å². The van der Waals surface area contributed by atoms with Crippen molar-refractivity contribution in [3.8, 4) is 0 Å². The van der Waals surface area contributed by atoms with E-state index in [0.29, 0.717) is 12.4 Å². The molecule has 1 aliphatic heterocycles. The Hall–Kier alpha value is -1.47. The maximum absolute atomic E-state index is 11.8. The van der Waals surface area contributed by atoms with Gasteiger partial charge in [0.15, 0.2) is 0 Å². The third-order valence-electron chi connectivity index (χ3n) is 2.85. The summed E-state index contributed by atoms with van der Waals surface area (Å²) in [6.07, 6.45) is 1.83. The molecule has 98 valence electrons. The smallest absolute Gasteiger partial charge is 0.228 e. The Morgan fingerprint density at radius 1 is 1.56 bits per heavy atom. The van der Waals surface area contributed by atoms with Crippen molar-refractivity contribution in [2.45, 2.75) is 13.3 Å². The highest BCUT2D eigenvalue weighted by Gasteiger charge is 2.33. The number of nitrogens with zero attached hydrogens (tertiary/aromatic N) is 2. The lowest BCUT2D eigenvalue weighted by Crippen LogP contribution is -2.28. The lowest BCUT2D eigenvalue weighted by molar-refractivity contribution is -0.117. The fraction of sp³-hybridized carbons (Fsp3) is 0.455. The van der Waals surface area contributed by atoms with Crippen molar-refractivity contribution in [3.05, 3.63) is 23.9 Å². The molecule has 2 N–H and O–H groups in total. The van der Waals surface area contributed by atoms with E-state index in [-0.39, 0.29) is 24.0 Å². The van der Waals surface area contributed by atoms with E-state index < -0.39 is 10.0 Å². The first-order chi connectivity index (χ1) is 8.35. The van der Waals surface area contributed by atoms with Crippen molar-refractivity contribution in [3.63, 3.8) is 0 Å². The van der Waals surface area contributed by atoms with Crippen LogP contribution in [0.1, 0.15) is 12.0 Å². The molecular weight excluding hydrogens is 254 g/mol. The molecule has 2 rings (SSSR count). The largest absolute Gasteiger partial charge is 0.296 e. The maximum Gasteiger partial charge on any atom is 0.228 e. The zero-order chi connectivity index (χ0) is 13.3. The zero-order valence-electron chi connectivity index (χ0n) is 10.0. The van der Waals surface area contributed by atoms with Crippen LogP contribution in [0.2, 0.25) is 0 Å². The Balaban J connectivity index is 2.15. The molecule has 0 aliphatic carbocycles. The second kappa shape index (κ2) is 4.66. The van der Waals surface area contributed by atoms with Crippen LogP contribution in [0.25, 0.3) is 0 Å². The number of aryl methyl sites for hydroxylation is 1. The van der Waals surface area contributed by atoms with E-state index in [1.807, 2.05) is 13.0 Å². The molecule has 0 spiro atoms. The van der Waals surface area contributed by atoms with E-state index in [9.17, 15) is 13.2 Å². The van der Waals surface area contributed by atoms with Crippen LogP contribution in [0.5, 0.6) is 0 Å². The average molecular weight is 269 g/mol. The number of nitrogens with two attached hydrogens (primary N) is 1. The molecule has 0 aromatic carbocycles. The number of hydrogen-bond acceptors (Lipinski definition) is 4. The number of carbonyl (C=O) groups excluding carboxylic acids is 1. The number of rotatable bonds is 3. The summed E-state index contributed by atoms with van der Waals surface area (Å²) in [5, 5.41) is 5.00. The molecule has 1 atom stereocenters. The highest BCUT2D eigenvalue weighted by Crippen LogP contribution is 2.24. The number of anilines is 1. The van der Waals surface area contributed by atoms with E-state index >= 15 is 0 Å². The van der Waals surface area contributed by atoms with E-state index in [1.165, 1.54) is 4.90 Å². The Morgan fingerprint density at radius 3 is 2.89 bits per heavy atom. The van der Waals surface area contributed by atoms with Crippen LogP contribution >= 0.6 is 0 Å². The summed E-state index contributed by atoms with van der Waals surface area (Å²) in [5.41, 5.74) is 1.00. The molecule has 0 radical (unpaired) electrons. The van der Waals surface area contributed by atoms with Gasteiger partial charge in [-0.25, -0.2) is 18.5 Å². The van der Waals surface area contributed by atoms with E-state index in [4.69, 9.17) is 5.14 Å². The summed E-state index contributed by atoms with van der Waals surface area (Å²) < 4.78 is 22.0. The van der Waals surface area contributed by atoms with E-state index in [1.54, 1.807) is 12.3 Å². The number of pyridine rings is 1. The van der Waals surface area contributed by atoms with E-state index in [2.05, 4.69) is 4.98 Å². The number of aromatic nitrogens is 1. The van der Waals surface area contributed by atoms with Crippen molar-refractivity contribution < 1.29 is 13.2 Å². The van der Waals surface area contributed by atoms with Crippen molar-refractivity contribution in [1.29, 1.82) is 0 Å². The molecule has 1 saturated heterocycles. The van der Waals surface area contributed by atoms with Crippen LogP contribution in [0, 0.1) is 12.8 Å². The van der Waals surface area contributed by atoms with E-state index in [0.717, 1.165) is 5.56 Å². The van der Waals surface area contributed by atoms with Crippen molar-refractivity contribution in [2.75, 3.05) is 17.2 Å². The van der Waals surface area contributed by atoms with Crippen LogP contribution in [0.4, 0.5) is 5.82 Å². The van der Waals surface area contributed by atoms with Gasteiger partial charge in [0.1, 0.15) is 5.82 Å². The third-order valence-corrected chi connectivity index (χ3v) is 3.79. The molecule has 2 heterocycles. The highest BCUT2D eigenvalue weighted by atomic mass is 32.2. The SMILES string of the molecule is Cc1ccnc(N2CC(CS(N)(=O)=O)CC2=O)c1. The van der Waals surface area contributed by atoms with Gasteiger partial charge in [-0.3, -0.25) is 9.69 Å². The lowest BCUT2D eigenvalue weighted by atomic mass is 10.1. The minimum absolute atomic E-state index is 0.109. The second-order valence-electron chi connectivity index (χ2n) is 4.60. The second-order valence-corrected chi connectivity index (χ2v) is 6.25. The lowest BCUT2D eigenvalue weighted by Gasteiger charge is -2.15. The van der Waals surface area contributed by atoms with Gasteiger partial charge >= 0.3 is 0 Å². The Bertz CT molecular complexity index is 571. The summed E-state index contributed by atoms with van der Waals surface area (Å²) in [5.74, 6) is 0.0367. The fourth-order valence-corrected chi connectivity index (χ4v) is 2.99. The van der Waals surface area contributed by atoms with Crippen molar-refractivity contribution >= 4 is 21.7 Å². The minimum Gasteiger partial charge on any atom is -0.296 e. The molecule has 0 saturated carbocycles. The molecule has 0 bridgehead atoms. The molecule has 1 aromatic rings. The molecule has 1 fully saturated rings. The molecular formula is C11H15N3O3S. The average Bonchev–Trinajstić information content (AvgIpc) is 2.56. The maximum atomic E-state index is 11.8. The fourth-order valence-electron chi connectivity index (χ4n) is 2.11. The minimum atomic E-state index is -3.54. The van der Waals surface area contributed by atoms with Crippen LogP contribution in [-0.2, 0) is 14.8 Å². The van der Waals surface area contributed by atoms with Gasteiger partial charge in [-0.05, 0) is 24.6 Å². The van der Waals surface area contributed by atoms with Crippen LogP contribution in [0.15, 0.2) is 18.3 Å². The summed E-state index contributed by atoms with van der Waals surface area (Å²) in [4.78, 5) is 17.5. The predicted octanol–water partition coefficient (Wildman–Crippen LogP) is 0.0314. The number of amides is 1. The third kappa shape index (κ3) is 3.05. The van der Waals surface area contributed by atoms with Gasteiger partial charge in [0.05, 0.1) is 5.75 Å². The number of sulfonamides is 1. The molecule has 6 nitrogen and oxygen atoms in total. The summed E-state index contributed by atoms with van der Waals surface area (Å²) >= 11 is 0. The first-order valence-corrected chi connectivity index (χ1v) is 7.30. The van der Waals surface area contributed by atoms with Crippen LogP contribution in [0.3, 0.4) is 0 Å². The highest BCUT2D eigenvalue weighted by molar-refractivity contribution is 7.89. The zero-order valence-corrected chi connectivity index (χ0v) is 10.9. The van der Waals surface area contributed by atoms with Gasteiger partial charge in [0.25, 0.3) is 0 Å². The topological polar surface area (TPSA) is 93.4 Å². The van der Waals surface area contributed by atoms with Crippen molar-refractivity contribution in [2.24, 2.45) is 11.1 Å². The summed E-state index contributed by atoms with van der Waals surface area (Å²) in [6, 6.07) is 3.64. The predicted molar refractivity (Wildman–Crippen MR) is 67.4 cm³/mol. The van der Waals surface area contributed by atoms with Gasteiger partial charge in [0, 0.05) is 25.1 Å². The van der Waals surface area contributed by atoms with Crippen LogP contribution in [-0.4, -0.2) is 31.6 Å². The molecule has 1 aromatic heterocycles. The summed E-state index contributed by atoms with van der Waals surface area (Å²) in [7, 11) is -3.54. The van der Waals surface area contributed by atoms with Crippen molar-refractivity contribution in [1.82, 2.24) is 4.98 Å². The number of carbonyl (C=O) groups is 1.